The number of primary amides is 1. The number of benzene rings is 4. The van der Waals surface area contributed by atoms with Crippen LogP contribution in [0, 0.1) is 22.7 Å². The minimum Gasteiger partial charge on any atom is -0.460 e. The maximum atomic E-state index is 14.0. The Labute approximate surface area is 403 Å². The summed E-state index contributed by atoms with van der Waals surface area (Å²) in [7, 11) is 0. The third-order valence-electron chi connectivity index (χ3n) is 12.5. The zero-order chi connectivity index (χ0) is 49.1. The Hall–Kier alpha value is -7.93. The molecule has 1 aliphatic rings. The summed E-state index contributed by atoms with van der Waals surface area (Å²) >= 11 is 0. The molecule has 15 nitrogen and oxygen atoms in total. The first-order chi connectivity index (χ1) is 33.9. The standard InChI is InChI=1S/C52H53F3N12O3/c53-52(54,55)39-16-14-37(15-17-39)33-65-30-23-51(22-26-57,24-31-65)67-36-44(47(58)68)48(63-67)60-41-18-20-42(21-19-41)61-50(69)45-35-66(62-49(45)59-40-11-3-1-4-12-40)29-9-28-64(27-8-2-7-25-56)34-43-32-38-10-5-6-13-46(38)70-43/h1,3-6,10-21,32,35-36H,2,7-9,22-24,27-31,33-34H2,(H2,58,68)(H,59,62)(H,60,63)(H,61,69). The second-order valence-electron chi connectivity index (χ2n) is 17.5. The third-order valence-corrected chi connectivity index (χ3v) is 12.5. The van der Waals surface area contributed by atoms with Crippen molar-refractivity contribution in [2.45, 2.75) is 76.3 Å². The molecule has 4 aromatic carbocycles. The van der Waals surface area contributed by atoms with Gasteiger partial charge in [0.25, 0.3) is 11.8 Å². The molecule has 0 spiro atoms. The van der Waals surface area contributed by atoms with Crippen LogP contribution in [-0.4, -0.2) is 67.4 Å². The summed E-state index contributed by atoms with van der Waals surface area (Å²) in [5, 5.41) is 39.0. The molecule has 18 heteroatoms. The van der Waals surface area contributed by atoms with E-state index in [0.717, 1.165) is 72.5 Å². The van der Waals surface area contributed by atoms with Crippen LogP contribution < -0.4 is 21.7 Å². The molecule has 0 unspecified atom stereocenters. The number of hydrogen-bond donors (Lipinski definition) is 4. The summed E-state index contributed by atoms with van der Waals surface area (Å²) in [6.45, 7) is 4.25. The van der Waals surface area contributed by atoms with Crippen LogP contribution in [0.2, 0.25) is 0 Å². The molecule has 0 saturated carbocycles. The molecule has 4 heterocycles. The number of hydrogen-bond acceptors (Lipinski definition) is 11. The number of para-hydroxylation sites is 2. The Morgan fingerprint density at radius 1 is 0.786 bits per heavy atom. The Morgan fingerprint density at radius 2 is 1.46 bits per heavy atom. The minimum absolute atomic E-state index is 0.115. The number of furan rings is 1. The topological polar surface area (TPSA) is 199 Å². The zero-order valence-corrected chi connectivity index (χ0v) is 38.5. The van der Waals surface area contributed by atoms with E-state index in [-0.39, 0.29) is 23.7 Å². The number of aromatic nitrogens is 4. The Kier molecular flexibility index (Phi) is 15.3. The van der Waals surface area contributed by atoms with Gasteiger partial charge in [0.05, 0.1) is 36.2 Å². The van der Waals surface area contributed by atoms with E-state index in [1.807, 2.05) is 54.6 Å². The lowest BCUT2D eigenvalue weighted by Crippen LogP contribution is -2.46. The zero-order valence-electron chi connectivity index (χ0n) is 38.5. The fourth-order valence-corrected chi connectivity index (χ4v) is 8.73. The van der Waals surface area contributed by atoms with Crippen molar-refractivity contribution in [3.63, 3.8) is 0 Å². The van der Waals surface area contributed by atoms with Crippen molar-refractivity contribution in [2.75, 3.05) is 42.1 Å². The Balaban J connectivity index is 0.917. The second-order valence-corrected chi connectivity index (χ2v) is 17.5. The van der Waals surface area contributed by atoms with Gasteiger partial charge in [0.15, 0.2) is 11.6 Å². The molecule has 5 N–H and O–H groups in total. The monoisotopic (exact) mass is 950 g/mol. The number of carbonyl (C=O) groups is 2. The molecule has 7 aromatic rings. The molecule has 0 atom stereocenters. The lowest BCUT2D eigenvalue weighted by molar-refractivity contribution is -0.137. The molecule has 1 fully saturated rings. The van der Waals surface area contributed by atoms with Crippen molar-refractivity contribution in [1.29, 1.82) is 10.5 Å². The highest BCUT2D eigenvalue weighted by Gasteiger charge is 2.38. The summed E-state index contributed by atoms with van der Waals surface area (Å²) in [4.78, 5) is 31.1. The van der Waals surface area contributed by atoms with E-state index >= 15 is 0 Å². The minimum atomic E-state index is -4.41. The number of likely N-dealkylation sites (tertiary alicyclic amines) is 1. The second kappa shape index (κ2) is 22.0. The highest BCUT2D eigenvalue weighted by Crippen LogP contribution is 2.36. The summed E-state index contributed by atoms with van der Waals surface area (Å²) in [6.07, 6.45) is 2.95. The van der Waals surface area contributed by atoms with Crippen LogP contribution in [0.1, 0.15) is 82.5 Å². The molecule has 0 aliphatic carbocycles. The Morgan fingerprint density at radius 3 is 2.14 bits per heavy atom. The van der Waals surface area contributed by atoms with Gasteiger partial charge in [-0.1, -0.05) is 48.5 Å². The number of rotatable bonds is 21. The van der Waals surface area contributed by atoms with E-state index in [9.17, 15) is 28.0 Å². The van der Waals surface area contributed by atoms with Crippen LogP contribution in [0.5, 0.6) is 0 Å². The number of unbranched alkanes of at least 4 members (excludes halogenated alkanes) is 2. The molecule has 0 radical (unpaired) electrons. The highest BCUT2D eigenvalue weighted by atomic mass is 19.4. The largest absolute Gasteiger partial charge is 0.460 e. The van der Waals surface area contributed by atoms with Crippen molar-refractivity contribution in [2.24, 2.45) is 5.73 Å². The van der Waals surface area contributed by atoms with Gasteiger partial charge < -0.3 is 26.1 Å². The number of anilines is 5. The maximum absolute atomic E-state index is 14.0. The smallest absolute Gasteiger partial charge is 0.416 e. The predicted molar refractivity (Wildman–Crippen MR) is 260 cm³/mol. The number of piperidine rings is 1. The van der Waals surface area contributed by atoms with E-state index in [2.05, 4.69) is 44.0 Å². The van der Waals surface area contributed by atoms with Crippen molar-refractivity contribution in [3.05, 3.63) is 150 Å². The number of fused-ring (bicyclic) bond motifs is 1. The fourth-order valence-electron chi connectivity index (χ4n) is 8.73. The van der Waals surface area contributed by atoms with Crippen molar-refractivity contribution >= 4 is 51.5 Å². The van der Waals surface area contributed by atoms with E-state index in [0.29, 0.717) is 74.7 Å². The quantitative estimate of drug-likeness (QED) is 0.0500. The first-order valence-corrected chi connectivity index (χ1v) is 23.2. The van der Waals surface area contributed by atoms with Crippen LogP contribution in [0.3, 0.4) is 0 Å². The molecular weight excluding hydrogens is 898 g/mol. The number of nitriles is 2. The number of aryl methyl sites for hydroxylation is 1. The van der Waals surface area contributed by atoms with Gasteiger partial charge in [-0.15, -0.1) is 0 Å². The average molecular weight is 951 g/mol. The number of nitrogens with two attached hydrogens (primary N) is 1. The van der Waals surface area contributed by atoms with Gasteiger partial charge in [0.2, 0.25) is 0 Å². The SMILES string of the molecule is N#CCCCCN(CCCn1cc(C(=O)Nc2ccc(Nc3nn(C4(CC#N)CCN(Cc5ccc(C(F)(F)F)cc5)CC4)cc3C(N)=O)cc2)c(Nc2ccccc2)n1)Cc1cc2ccccc2o1. The molecule has 8 rings (SSSR count). The van der Waals surface area contributed by atoms with Gasteiger partial charge in [0.1, 0.15) is 22.5 Å². The highest BCUT2D eigenvalue weighted by molar-refractivity contribution is 6.08. The average Bonchev–Trinajstić information content (AvgIpc) is 4.09. The van der Waals surface area contributed by atoms with Gasteiger partial charge in [-0.25, -0.2) is 0 Å². The maximum Gasteiger partial charge on any atom is 0.416 e. The predicted octanol–water partition coefficient (Wildman–Crippen LogP) is 10.2. The van der Waals surface area contributed by atoms with Gasteiger partial charge >= 0.3 is 6.18 Å². The van der Waals surface area contributed by atoms with E-state index in [4.69, 9.17) is 25.6 Å². The van der Waals surface area contributed by atoms with Gasteiger partial charge in [-0.05, 0) is 105 Å². The molecule has 1 aliphatic heterocycles. The molecule has 70 heavy (non-hydrogen) atoms. The van der Waals surface area contributed by atoms with Crippen LogP contribution in [-0.2, 0) is 31.3 Å². The Bertz CT molecular complexity index is 2930. The molecule has 2 amide bonds. The number of halogens is 3. The van der Waals surface area contributed by atoms with Crippen LogP contribution in [0.4, 0.5) is 41.9 Å². The number of nitrogens with one attached hydrogen (secondary N) is 3. The summed E-state index contributed by atoms with van der Waals surface area (Å²) in [5.74, 6) is 0.383. The lowest BCUT2D eigenvalue weighted by atomic mass is 9.84. The molecule has 1 saturated heterocycles. The van der Waals surface area contributed by atoms with Crippen LogP contribution in [0.25, 0.3) is 11.0 Å². The van der Waals surface area contributed by atoms with E-state index in [1.54, 1.807) is 46.0 Å². The van der Waals surface area contributed by atoms with Crippen molar-refractivity contribution in [3.8, 4) is 12.1 Å². The van der Waals surface area contributed by atoms with Gasteiger partial charge in [-0.2, -0.15) is 33.9 Å². The van der Waals surface area contributed by atoms with Crippen LogP contribution in [0.15, 0.2) is 126 Å². The number of alkyl halides is 3. The van der Waals surface area contributed by atoms with Gasteiger partial charge in [0, 0.05) is 74.0 Å². The third kappa shape index (κ3) is 12.2. The summed E-state index contributed by atoms with van der Waals surface area (Å²) < 4.78 is 48.8. The van der Waals surface area contributed by atoms with Crippen molar-refractivity contribution < 1.29 is 27.2 Å². The van der Waals surface area contributed by atoms with Crippen molar-refractivity contribution in [1.82, 2.24) is 29.4 Å². The summed E-state index contributed by atoms with van der Waals surface area (Å²) in [6, 6.07) is 36.0. The molecule has 360 valence electrons. The molecule has 3 aromatic heterocycles. The molecular formula is C52H53F3N12O3. The van der Waals surface area contributed by atoms with E-state index in [1.165, 1.54) is 12.1 Å². The number of nitrogens with zero attached hydrogens (tertiary/aromatic N) is 8. The molecule has 0 bridgehead atoms. The van der Waals surface area contributed by atoms with Gasteiger partial charge in [-0.3, -0.25) is 28.8 Å². The normalized spacial score (nSPS) is 13.7. The fraction of sp³-hybridized carbons (Fsp3) is 0.308. The summed E-state index contributed by atoms with van der Waals surface area (Å²) in [5.41, 5.74) is 8.27. The first-order valence-electron chi connectivity index (χ1n) is 23.2. The lowest BCUT2D eigenvalue weighted by Gasteiger charge is -2.40. The van der Waals surface area contributed by atoms with E-state index < -0.39 is 23.2 Å². The first kappa shape index (κ1) is 48.5. The number of carbonyl (C=O) groups excluding carboxylic acids is 2. The number of amides is 2. The van der Waals surface area contributed by atoms with Crippen LogP contribution >= 0.6 is 0 Å².